The van der Waals surface area contributed by atoms with Crippen LogP contribution >= 0.6 is 0 Å². The lowest BCUT2D eigenvalue weighted by atomic mass is 10.2. The largest absolute Gasteiger partial charge is 0.396 e. The molecule has 0 aliphatic carbocycles. The molecular formula is C10H20N4O. The highest BCUT2D eigenvalue weighted by atomic mass is 16.2. The summed E-state index contributed by atoms with van der Waals surface area (Å²) in [7, 11) is 1.87. The number of nitrogens with one attached hydrogen (secondary N) is 1. The summed E-state index contributed by atoms with van der Waals surface area (Å²) in [6.07, 6.45) is 2.92. The van der Waals surface area contributed by atoms with Crippen LogP contribution < -0.4 is 11.1 Å². The summed E-state index contributed by atoms with van der Waals surface area (Å²) >= 11 is 0. The molecule has 0 amide bonds. The molecule has 0 bridgehead atoms. The van der Waals surface area contributed by atoms with E-state index in [0.717, 1.165) is 43.0 Å². The minimum atomic E-state index is 0.271. The van der Waals surface area contributed by atoms with Crippen LogP contribution in [0, 0.1) is 6.92 Å². The third-order valence-electron chi connectivity index (χ3n) is 2.40. The van der Waals surface area contributed by atoms with Gasteiger partial charge in [-0.2, -0.15) is 5.10 Å². The number of aromatic nitrogens is 2. The van der Waals surface area contributed by atoms with Crippen molar-refractivity contribution in [3.8, 4) is 0 Å². The van der Waals surface area contributed by atoms with Gasteiger partial charge in [0.05, 0.1) is 11.4 Å². The van der Waals surface area contributed by atoms with Crippen LogP contribution in [0.5, 0.6) is 0 Å². The van der Waals surface area contributed by atoms with Gasteiger partial charge < -0.3 is 16.2 Å². The molecule has 0 aliphatic heterocycles. The Kier molecular flexibility index (Phi) is 4.42. The van der Waals surface area contributed by atoms with Gasteiger partial charge in [0.25, 0.3) is 0 Å². The van der Waals surface area contributed by atoms with E-state index in [0.29, 0.717) is 0 Å². The number of hydrogen-bond donors (Lipinski definition) is 3. The predicted molar refractivity (Wildman–Crippen MR) is 61.8 cm³/mol. The summed E-state index contributed by atoms with van der Waals surface area (Å²) in [6, 6.07) is 0. The number of nitrogen functional groups attached to an aromatic ring is 1. The fourth-order valence-corrected chi connectivity index (χ4v) is 1.50. The average Bonchev–Trinajstić information content (AvgIpc) is 2.44. The van der Waals surface area contributed by atoms with Crippen LogP contribution in [0.4, 0.5) is 11.5 Å². The molecule has 5 nitrogen and oxygen atoms in total. The Morgan fingerprint density at radius 1 is 1.40 bits per heavy atom. The molecule has 0 saturated carbocycles. The first-order chi connectivity index (χ1) is 7.16. The number of anilines is 2. The zero-order valence-electron chi connectivity index (χ0n) is 9.45. The minimum absolute atomic E-state index is 0.271. The van der Waals surface area contributed by atoms with Gasteiger partial charge in [-0.05, 0) is 26.2 Å². The Hall–Kier alpha value is -1.23. The number of rotatable bonds is 6. The quantitative estimate of drug-likeness (QED) is 0.612. The van der Waals surface area contributed by atoms with Gasteiger partial charge in [0.15, 0.2) is 0 Å². The van der Waals surface area contributed by atoms with Crippen LogP contribution in [-0.2, 0) is 7.05 Å². The van der Waals surface area contributed by atoms with Crippen molar-refractivity contribution >= 4 is 11.5 Å². The van der Waals surface area contributed by atoms with Crippen LogP contribution in [0.3, 0.4) is 0 Å². The Morgan fingerprint density at radius 3 is 2.67 bits per heavy atom. The molecule has 0 fully saturated rings. The second-order valence-electron chi connectivity index (χ2n) is 3.68. The van der Waals surface area contributed by atoms with Crippen LogP contribution in [0.25, 0.3) is 0 Å². The third kappa shape index (κ3) is 3.13. The molecule has 0 unspecified atom stereocenters. The van der Waals surface area contributed by atoms with E-state index in [1.165, 1.54) is 0 Å². The van der Waals surface area contributed by atoms with Crippen molar-refractivity contribution in [3.63, 3.8) is 0 Å². The number of nitrogens with two attached hydrogens (primary N) is 1. The highest BCUT2D eigenvalue weighted by Crippen LogP contribution is 2.20. The maximum atomic E-state index is 8.62. The van der Waals surface area contributed by atoms with Crippen molar-refractivity contribution in [1.82, 2.24) is 9.78 Å². The van der Waals surface area contributed by atoms with Crippen molar-refractivity contribution in [1.29, 1.82) is 0 Å². The number of aliphatic hydroxyl groups is 1. The maximum absolute atomic E-state index is 8.62. The van der Waals surface area contributed by atoms with Gasteiger partial charge in [-0.1, -0.05) is 0 Å². The van der Waals surface area contributed by atoms with Gasteiger partial charge in [0, 0.05) is 20.2 Å². The van der Waals surface area contributed by atoms with E-state index in [1.54, 1.807) is 4.68 Å². The summed E-state index contributed by atoms with van der Waals surface area (Å²) in [5.74, 6) is 0.886. The molecule has 0 atom stereocenters. The van der Waals surface area contributed by atoms with E-state index in [-0.39, 0.29) is 6.61 Å². The Morgan fingerprint density at radius 2 is 2.13 bits per heavy atom. The van der Waals surface area contributed by atoms with E-state index in [2.05, 4.69) is 10.4 Å². The molecular weight excluding hydrogens is 192 g/mol. The van der Waals surface area contributed by atoms with Gasteiger partial charge in [0.2, 0.25) is 0 Å². The zero-order chi connectivity index (χ0) is 11.3. The number of nitrogens with zero attached hydrogens (tertiary/aromatic N) is 2. The van der Waals surface area contributed by atoms with Crippen LogP contribution in [0.1, 0.15) is 25.0 Å². The summed E-state index contributed by atoms with van der Waals surface area (Å²) in [6.45, 7) is 3.03. The zero-order valence-corrected chi connectivity index (χ0v) is 9.45. The maximum Gasteiger partial charge on any atom is 0.147 e. The fraction of sp³-hybridized carbons (Fsp3) is 0.700. The first-order valence-corrected chi connectivity index (χ1v) is 5.30. The van der Waals surface area contributed by atoms with E-state index in [1.807, 2.05) is 14.0 Å². The van der Waals surface area contributed by atoms with Gasteiger partial charge in [-0.15, -0.1) is 0 Å². The second-order valence-corrected chi connectivity index (χ2v) is 3.68. The molecule has 1 aromatic heterocycles. The number of aryl methyl sites for hydroxylation is 2. The smallest absolute Gasteiger partial charge is 0.147 e. The molecule has 86 valence electrons. The van der Waals surface area contributed by atoms with Crippen molar-refractivity contribution in [2.45, 2.75) is 26.2 Å². The van der Waals surface area contributed by atoms with Crippen molar-refractivity contribution in [2.24, 2.45) is 7.05 Å². The van der Waals surface area contributed by atoms with Crippen LogP contribution in [0.15, 0.2) is 0 Å². The van der Waals surface area contributed by atoms with E-state index in [9.17, 15) is 0 Å². The van der Waals surface area contributed by atoms with Crippen molar-refractivity contribution < 1.29 is 5.11 Å². The third-order valence-corrected chi connectivity index (χ3v) is 2.40. The van der Waals surface area contributed by atoms with Gasteiger partial charge >= 0.3 is 0 Å². The summed E-state index contributed by atoms with van der Waals surface area (Å²) in [4.78, 5) is 0. The molecule has 0 aliphatic rings. The summed E-state index contributed by atoms with van der Waals surface area (Å²) in [5.41, 5.74) is 7.44. The van der Waals surface area contributed by atoms with Gasteiger partial charge in [0.1, 0.15) is 5.82 Å². The normalized spacial score (nSPS) is 10.6. The SMILES string of the molecule is Cc1nn(C)c(NCCCCCO)c1N. The van der Waals surface area contributed by atoms with E-state index < -0.39 is 0 Å². The topological polar surface area (TPSA) is 76.1 Å². The van der Waals surface area contributed by atoms with Crippen molar-refractivity contribution in [3.05, 3.63) is 5.69 Å². The van der Waals surface area contributed by atoms with Gasteiger partial charge in [-0.25, -0.2) is 0 Å². The molecule has 0 spiro atoms. The average molecular weight is 212 g/mol. The molecule has 0 radical (unpaired) electrons. The number of aliphatic hydroxyl groups excluding tert-OH is 1. The standard InChI is InChI=1S/C10H20N4O/c1-8-9(11)10(14(2)13-8)12-6-4-3-5-7-15/h12,15H,3-7,11H2,1-2H3. The van der Waals surface area contributed by atoms with E-state index >= 15 is 0 Å². The highest BCUT2D eigenvalue weighted by molar-refractivity contribution is 5.64. The lowest BCUT2D eigenvalue weighted by molar-refractivity contribution is 0.283. The number of unbranched alkanes of at least 4 members (excludes halogenated alkanes) is 2. The molecule has 1 rings (SSSR count). The minimum Gasteiger partial charge on any atom is -0.396 e. The van der Waals surface area contributed by atoms with E-state index in [4.69, 9.17) is 10.8 Å². The molecule has 1 heterocycles. The molecule has 4 N–H and O–H groups in total. The first kappa shape index (κ1) is 11.8. The summed E-state index contributed by atoms with van der Waals surface area (Å²) in [5, 5.41) is 16.1. The molecule has 1 aromatic rings. The monoisotopic (exact) mass is 212 g/mol. The fourth-order valence-electron chi connectivity index (χ4n) is 1.50. The molecule has 0 saturated heterocycles. The Balaban J connectivity index is 2.37. The molecule has 15 heavy (non-hydrogen) atoms. The van der Waals surface area contributed by atoms with Gasteiger partial charge in [-0.3, -0.25) is 4.68 Å². The lowest BCUT2D eigenvalue weighted by Crippen LogP contribution is -2.08. The summed E-state index contributed by atoms with van der Waals surface area (Å²) < 4.78 is 1.76. The van der Waals surface area contributed by atoms with Crippen LogP contribution in [0.2, 0.25) is 0 Å². The first-order valence-electron chi connectivity index (χ1n) is 5.30. The number of hydrogen-bond acceptors (Lipinski definition) is 4. The predicted octanol–water partition coefficient (Wildman–Crippen LogP) is 0.885. The second kappa shape index (κ2) is 5.60. The molecule has 0 aromatic carbocycles. The lowest BCUT2D eigenvalue weighted by Gasteiger charge is -2.06. The van der Waals surface area contributed by atoms with Crippen molar-refractivity contribution in [2.75, 3.05) is 24.2 Å². The Bertz CT molecular complexity index is 309. The van der Waals surface area contributed by atoms with Crippen LogP contribution in [-0.4, -0.2) is 28.0 Å². The highest BCUT2D eigenvalue weighted by Gasteiger charge is 2.08. The Labute approximate surface area is 90.3 Å². The molecule has 5 heteroatoms.